The highest BCUT2D eigenvalue weighted by Gasteiger charge is 2.55. The number of hydrogen-bond acceptors (Lipinski definition) is 4. The van der Waals surface area contributed by atoms with Crippen LogP contribution in [0.1, 0.15) is 47.8 Å². The van der Waals surface area contributed by atoms with Gasteiger partial charge in [0.25, 0.3) is 0 Å². The summed E-state index contributed by atoms with van der Waals surface area (Å²) in [4.78, 5) is 24.3. The van der Waals surface area contributed by atoms with E-state index in [4.69, 9.17) is 11.6 Å². The number of carbonyl (C=O) groups excluding carboxylic acids is 2. The van der Waals surface area contributed by atoms with Gasteiger partial charge >= 0.3 is 0 Å². The maximum atomic E-state index is 13.1. The summed E-state index contributed by atoms with van der Waals surface area (Å²) in [6.07, 6.45) is 0.733. The second-order valence-electron chi connectivity index (χ2n) is 6.20. The lowest BCUT2D eigenvalue weighted by molar-refractivity contribution is -0.109. The average molecular weight is 343 g/mol. The van der Waals surface area contributed by atoms with E-state index >= 15 is 0 Å². The van der Waals surface area contributed by atoms with Crippen molar-refractivity contribution in [2.24, 2.45) is 5.41 Å². The van der Waals surface area contributed by atoms with Crippen LogP contribution < -0.4 is 0 Å². The van der Waals surface area contributed by atoms with Gasteiger partial charge in [0.2, 0.25) is 0 Å². The van der Waals surface area contributed by atoms with E-state index in [-0.39, 0.29) is 10.9 Å². The predicted octanol–water partition coefficient (Wildman–Crippen LogP) is 4.93. The summed E-state index contributed by atoms with van der Waals surface area (Å²) >= 11 is 6.75. The lowest BCUT2D eigenvalue weighted by atomic mass is 9.70. The molecule has 1 aliphatic rings. The molecule has 1 aliphatic carbocycles. The minimum Gasteiger partial charge on any atom is -0.291 e. The molecule has 0 fully saturated rings. The smallest absolute Gasteiger partial charge is 0.196 e. The number of ketones is 1. The van der Waals surface area contributed by atoms with E-state index < -0.39 is 9.62 Å². The van der Waals surface area contributed by atoms with Gasteiger partial charge in [0.05, 0.1) is 0 Å². The Balaban J connectivity index is 2.57. The molecule has 0 amide bonds. The summed E-state index contributed by atoms with van der Waals surface area (Å²) < 4.78 is -1.12. The van der Waals surface area contributed by atoms with Crippen molar-refractivity contribution in [3.8, 4) is 0 Å². The lowest BCUT2D eigenvalue weighted by Crippen LogP contribution is -2.49. The van der Waals surface area contributed by atoms with Gasteiger partial charge in [0, 0.05) is 17.9 Å². The highest BCUT2D eigenvalue weighted by Crippen LogP contribution is 2.57. The number of benzene rings is 1. The Morgan fingerprint density at radius 3 is 2.38 bits per heavy atom. The molecule has 0 radical (unpaired) electrons. The fraction of sp³-hybridized carbons (Fsp3) is 0.500. The van der Waals surface area contributed by atoms with Crippen molar-refractivity contribution >= 4 is 44.1 Å². The molecule has 1 atom stereocenters. The second-order valence-corrected chi connectivity index (χ2v) is 9.51. The molecule has 21 heavy (non-hydrogen) atoms. The molecule has 114 valence electrons. The van der Waals surface area contributed by atoms with Crippen LogP contribution in [-0.4, -0.2) is 15.1 Å². The van der Waals surface area contributed by atoms with E-state index in [0.717, 1.165) is 39.5 Å². The first-order valence-corrected chi connectivity index (χ1v) is 9.32. The van der Waals surface area contributed by atoms with Gasteiger partial charge < -0.3 is 0 Å². The molecule has 0 heterocycles. The van der Waals surface area contributed by atoms with Gasteiger partial charge in [-0.2, -0.15) is 0 Å². The molecule has 1 aromatic carbocycles. The molecule has 0 spiro atoms. The first kappa shape index (κ1) is 16.9. The van der Waals surface area contributed by atoms with E-state index in [1.807, 2.05) is 33.8 Å². The third-order valence-electron chi connectivity index (χ3n) is 4.04. The Labute approximate surface area is 138 Å². The molecule has 1 unspecified atom stereocenters. The Bertz CT molecular complexity index is 625. The molecule has 0 aliphatic heterocycles. The summed E-state index contributed by atoms with van der Waals surface area (Å²) in [7, 11) is 2.24. The van der Waals surface area contributed by atoms with E-state index in [9.17, 15) is 9.59 Å². The normalized spacial score (nSPS) is 23.8. The van der Waals surface area contributed by atoms with Crippen LogP contribution in [0.3, 0.4) is 0 Å². The largest absolute Gasteiger partial charge is 0.291 e. The van der Waals surface area contributed by atoms with Crippen LogP contribution in [-0.2, 0) is 11.2 Å². The molecule has 5 heteroatoms. The zero-order valence-corrected chi connectivity index (χ0v) is 15.3. The van der Waals surface area contributed by atoms with Crippen molar-refractivity contribution in [3.63, 3.8) is 0 Å². The van der Waals surface area contributed by atoms with Gasteiger partial charge in [-0.05, 0) is 47.8 Å². The lowest BCUT2D eigenvalue weighted by Gasteiger charge is -2.44. The summed E-state index contributed by atoms with van der Waals surface area (Å²) in [6, 6.07) is 4.01. The minimum atomic E-state index is -1.12. The van der Waals surface area contributed by atoms with E-state index in [2.05, 4.69) is 6.07 Å². The molecule has 0 saturated heterocycles. The zero-order valence-electron chi connectivity index (χ0n) is 12.9. The van der Waals surface area contributed by atoms with Crippen LogP contribution in [0.15, 0.2) is 12.1 Å². The van der Waals surface area contributed by atoms with Crippen molar-refractivity contribution < 1.29 is 9.59 Å². The Hall–Kier alpha value is -0.450. The summed E-state index contributed by atoms with van der Waals surface area (Å²) in [6.45, 7) is 9.45. The van der Waals surface area contributed by atoms with E-state index in [1.54, 1.807) is 0 Å². The number of aryl methyl sites for hydroxylation is 2. The minimum absolute atomic E-state index is 0.0459. The molecule has 0 aromatic heterocycles. The van der Waals surface area contributed by atoms with Gasteiger partial charge in [0.1, 0.15) is 0 Å². The van der Waals surface area contributed by atoms with Gasteiger partial charge in [-0.1, -0.05) is 48.4 Å². The summed E-state index contributed by atoms with van der Waals surface area (Å²) in [5, 5.41) is -0.0459. The Morgan fingerprint density at radius 2 is 1.81 bits per heavy atom. The number of rotatable bonds is 2. The summed E-state index contributed by atoms with van der Waals surface area (Å²) in [5.41, 5.74) is 3.48. The van der Waals surface area contributed by atoms with Crippen LogP contribution >= 0.6 is 33.2 Å². The molecule has 2 rings (SSSR count). The predicted molar refractivity (Wildman–Crippen MR) is 92.2 cm³/mol. The fourth-order valence-electron chi connectivity index (χ4n) is 2.70. The van der Waals surface area contributed by atoms with Gasteiger partial charge in [-0.3, -0.25) is 9.59 Å². The molecule has 0 bridgehead atoms. The maximum absolute atomic E-state index is 13.1. The quantitative estimate of drug-likeness (QED) is 0.563. The summed E-state index contributed by atoms with van der Waals surface area (Å²) in [5.74, 6) is -0.0737. The molecule has 1 aromatic rings. The topological polar surface area (TPSA) is 34.1 Å². The van der Waals surface area contributed by atoms with Gasteiger partial charge in [0.15, 0.2) is 15.1 Å². The number of hydrogen-bond donors (Lipinski definition) is 0. The number of halogens is 1. The van der Waals surface area contributed by atoms with Gasteiger partial charge in [-0.15, -0.1) is 0 Å². The highest BCUT2D eigenvalue weighted by atomic mass is 35.5. The third kappa shape index (κ3) is 2.78. The van der Waals surface area contributed by atoms with Crippen LogP contribution in [0, 0.1) is 19.3 Å². The van der Waals surface area contributed by atoms with E-state index in [0.29, 0.717) is 0 Å². The molecular weight excluding hydrogens is 324 g/mol. The van der Waals surface area contributed by atoms with Crippen molar-refractivity contribution in [1.29, 1.82) is 0 Å². The van der Waals surface area contributed by atoms with Crippen LogP contribution in [0.5, 0.6) is 0 Å². The monoisotopic (exact) mass is 342 g/mol. The number of carbonyl (C=O) groups is 2. The first-order chi connectivity index (χ1) is 9.60. The van der Waals surface area contributed by atoms with Gasteiger partial charge in [-0.25, -0.2) is 0 Å². The van der Waals surface area contributed by atoms with Crippen molar-refractivity contribution in [2.45, 2.75) is 45.2 Å². The van der Waals surface area contributed by atoms with Crippen LogP contribution in [0.2, 0.25) is 0 Å². The molecule has 0 saturated carbocycles. The second kappa shape index (κ2) is 5.64. The van der Waals surface area contributed by atoms with E-state index in [1.165, 1.54) is 17.7 Å². The van der Waals surface area contributed by atoms with Crippen molar-refractivity contribution in [2.75, 3.05) is 0 Å². The van der Waals surface area contributed by atoms with Crippen molar-refractivity contribution in [3.05, 3.63) is 34.4 Å². The Morgan fingerprint density at radius 1 is 1.24 bits per heavy atom. The molecule has 2 nitrogen and oxygen atoms in total. The highest BCUT2D eigenvalue weighted by molar-refractivity contribution is 8.83. The van der Waals surface area contributed by atoms with Crippen molar-refractivity contribution in [1.82, 2.24) is 0 Å². The number of fused-ring (bicyclic) bond motifs is 1. The zero-order chi connectivity index (χ0) is 16.0. The third-order valence-corrected chi connectivity index (χ3v) is 8.22. The average Bonchev–Trinajstić information content (AvgIpc) is 2.38. The van der Waals surface area contributed by atoms with Crippen LogP contribution in [0.4, 0.5) is 0 Å². The molecule has 0 N–H and O–H groups in total. The standard InChI is InChI=1S/C16H19ClO2S2/c1-9-6-7-10(2)13-12(9)8-15(4,5)16(17,14(13)19)21-20-11(3)18/h6-7H,8H2,1-5H3. The SMILES string of the molecule is CC(=O)SSC1(Cl)C(=O)c2c(C)ccc(C)c2CC1(C)C. The first-order valence-electron chi connectivity index (χ1n) is 6.79. The number of Topliss-reactive ketones (excluding diaryl/α,β-unsaturated/α-hetero) is 1. The number of alkyl halides is 1. The molecular formula is C16H19ClO2S2. The van der Waals surface area contributed by atoms with Crippen LogP contribution in [0.25, 0.3) is 0 Å². The maximum Gasteiger partial charge on any atom is 0.196 e. The fourth-order valence-corrected chi connectivity index (χ4v) is 5.46. The Kier molecular flexibility index (Phi) is 4.54.